The molecule has 1 aromatic rings. The third-order valence-corrected chi connectivity index (χ3v) is 1.41. The van der Waals surface area contributed by atoms with E-state index in [1.165, 1.54) is 0 Å². The van der Waals surface area contributed by atoms with E-state index < -0.39 is 6.10 Å². The Morgan fingerprint density at radius 1 is 1.73 bits per heavy atom. The summed E-state index contributed by atoms with van der Waals surface area (Å²) in [4.78, 5) is 3.89. The van der Waals surface area contributed by atoms with Crippen molar-refractivity contribution in [3.05, 3.63) is 29.6 Å². The summed E-state index contributed by atoms with van der Waals surface area (Å²) in [6.45, 7) is 1.69. The average molecular weight is 147 g/mol. The van der Waals surface area contributed by atoms with Crippen molar-refractivity contribution < 1.29 is 5.11 Å². The van der Waals surface area contributed by atoms with E-state index in [1.807, 2.05) is 0 Å². The van der Waals surface area contributed by atoms with Crippen LogP contribution in [0.5, 0.6) is 0 Å². The monoisotopic (exact) mass is 147 g/mol. The molecule has 1 atom stereocenters. The first-order valence-corrected chi connectivity index (χ1v) is 3.34. The number of aliphatic hydroxyl groups is 1. The Morgan fingerprint density at radius 3 is 3.00 bits per heavy atom. The van der Waals surface area contributed by atoms with Gasteiger partial charge in [0.25, 0.3) is 0 Å². The Kier molecular flexibility index (Phi) is 2.25. The summed E-state index contributed by atoms with van der Waals surface area (Å²) in [5.74, 6) is 2.40. The first-order valence-electron chi connectivity index (χ1n) is 3.34. The summed E-state index contributed by atoms with van der Waals surface area (Å²) in [6, 6.07) is 3.44. The van der Waals surface area contributed by atoms with E-state index in [0.717, 1.165) is 5.56 Å². The van der Waals surface area contributed by atoms with Crippen molar-refractivity contribution in [1.29, 1.82) is 0 Å². The van der Waals surface area contributed by atoms with Gasteiger partial charge < -0.3 is 5.11 Å². The molecule has 0 spiro atoms. The molecule has 0 amide bonds. The second-order valence-corrected chi connectivity index (χ2v) is 2.29. The van der Waals surface area contributed by atoms with E-state index in [9.17, 15) is 0 Å². The van der Waals surface area contributed by atoms with E-state index in [2.05, 4.69) is 10.9 Å². The third-order valence-electron chi connectivity index (χ3n) is 1.41. The zero-order valence-electron chi connectivity index (χ0n) is 6.28. The van der Waals surface area contributed by atoms with E-state index in [-0.39, 0.29) is 0 Å². The van der Waals surface area contributed by atoms with Gasteiger partial charge in [0.05, 0.1) is 6.10 Å². The smallest absolute Gasteiger partial charge is 0.113 e. The van der Waals surface area contributed by atoms with Crippen molar-refractivity contribution >= 4 is 0 Å². The van der Waals surface area contributed by atoms with Gasteiger partial charge in [0.15, 0.2) is 0 Å². The predicted octanol–water partition coefficient (Wildman–Crippen LogP) is 1.12. The van der Waals surface area contributed by atoms with Gasteiger partial charge in [0, 0.05) is 6.20 Å². The number of nitrogens with zero attached hydrogens (tertiary/aromatic N) is 1. The SMILES string of the molecule is C#Cc1cc(C(C)O)ccn1. The van der Waals surface area contributed by atoms with Crippen molar-refractivity contribution in [3.8, 4) is 12.3 Å². The van der Waals surface area contributed by atoms with Crippen molar-refractivity contribution in [2.24, 2.45) is 0 Å². The Morgan fingerprint density at radius 2 is 2.45 bits per heavy atom. The fraction of sp³-hybridized carbons (Fsp3) is 0.222. The number of aromatic nitrogens is 1. The average Bonchev–Trinajstić information content (AvgIpc) is 2.05. The van der Waals surface area contributed by atoms with E-state index in [4.69, 9.17) is 11.5 Å². The number of pyridine rings is 1. The fourth-order valence-electron chi connectivity index (χ4n) is 0.786. The van der Waals surface area contributed by atoms with Gasteiger partial charge in [-0.05, 0) is 24.6 Å². The van der Waals surface area contributed by atoms with Crippen molar-refractivity contribution in [2.75, 3.05) is 0 Å². The normalized spacial score (nSPS) is 12.1. The Hall–Kier alpha value is -1.33. The highest BCUT2D eigenvalue weighted by Crippen LogP contribution is 2.10. The number of hydrogen-bond donors (Lipinski definition) is 1. The zero-order chi connectivity index (χ0) is 8.27. The molecule has 0 aromatic carbocycles. The standard InChI is InChI=1S/C9H9NO/c1-3-9-6-8(7(2)11)4-5-10-9/h1,4-7,11H,2H3. The van der Waals surface area contributed by atoms with Crippen molar-refractivity contribution in [1.82, 2.24) is 4.98 Å². The highest BCUT2D eigenvalue weighted by molar-refractivity contribution is 5.29. The lowest BCUT2D eigenvalue weighted by Gasteiger charge is -2.02. The second kappa shape index (κ2) is 3.18. The predicted molar refractivity (Wildman–Crippen MR) is 42.8 cm³/mol. The van der Waals surface area contributed by atoms with Crippen LogP contribution in [0.4, 0.5) is 0 Å². The first kappa shape index (κ1) is 7.77. The van der Waals surface area contributed by atoms with Gasteiger partial charge in [0.2, 0.25) is 0 Å². The number of rotatable bonds is 1. The van der Waals surface area contributed by atoms with E-state index in [0.29, 0.717) is 5.69 Å². The molecule has 0 saturated heterocycles. The Balaban J connectivity index is 3.03. The molecule has 2 nitrogen and oxygen atoms in total. The maximum absolute atomic E-state index is 9.15. The molecule has 56 valence electrons. The van der Waals surface area contributed by atoms with Gasteiger partial charge in [-0.3, -0.25) is 0 Å². The van der Waals surface area contributed by atoms with Crippen molar-refractivity contribution in [2.45, 2.75) is 13.0 Å². The van der Waals surface area contributed by atoms with Crippen LogP contribution in [0.3, 0.4) is 0 Å². The van der Waals surface area contributed by atoms with Crippen molar-refractivity contribution in [3.63, 3.8) is 0 Å². The van der Waals surface area contributed by atoms with Gasteiger partial charge >= 0.3 is 0 Å². The highest BCUT2D eigenvalue weighted by Gasteiger charge is 1.99. The van der Waals surface area contributed by atoms with Gasteiger partial charge in [-0.1, -0.05) is 5.92 Å². The zero-order valence-corrected chi connectivity index (χ0v) is 6.28. The Labute approximate surface area is 65.9 Å². The van der Waals surface area contributed by atoms with Crippen LogP contribution in [-0.2, 0) is 0 Å². The number of terminal acetylenes is 1. The molecule has 1 unspecified atom stereocenters. The minimum absolute atomic E-state index is 0.481. The minimum Gasteiger partial charge on any atom is -0.389 e. The maximum Gasteiger partial charge on any atom is 0.113 e. The molecule has 2 heteroatoms. The van der Waals surface area contributed by atoms with Crippen LogP contribution in [0.1, 0.15) is 24.3 Å². The van der Waals surface area contributed by atoms with Gasteiger partial charge in [-0.15, -0.1) is 6.42 Å². The summed E-state index contributed by atoms with van der Waals surface area (Å²) in [5, 5.41) is 9.15. The van der Waals surface area contributed by atoms with E-state index in [1.54, 1.807) is 25.3 Å². The van der Waals surface area contributed by atoms with E-state index >= 15 is 0 Å². The fourth-order valence-corrected chi connectivity index (χ4v) is 0.786. The summed E-state index contributed by atoms with van der Waals surface area (Å²) in [6.07, 6.45) is 6.24. The molecule has 0 saturated carbocycles. The molecule has 0 aliphatic heterocycles. The summed E-state index contributed by atoms with van der Waals surface area (Å²) in [7, 11) is 0. The molecular weight excluding hydrogens is 138 g/mol. The molecule has 0 fully saturated rings. The first-order chi connectivity index (χ1) is 5.24. The van der Waals surface area contributed by atoms with Gasteiger partial charge in [0.1, 0.15) is 5.69 Å². The minimum atomic E-state index is -0.481. The second-order valence-electron chi connectivity index (χ2n) is 2.29. The van der Waals surface area contributed by atoms with Crippen LogP contribution in [0, 0.1) is 12.3 Å². The largest absolute Gasteiger partial charge is 0.389 e. The number of aliphatic hydroxyl groups excluding tert-OH is 1. The molecule has 0 aliphatic rings. The lowest BCUT2D eigenvalue weighted by Crippen LogP contribution is -1.92. The molecule has 1 rings (SSSR count). The lowest BCUT2D eigenvalue weighted by molar-refractivity contribution is 0.199. The molecule has 1 N–H and O–H groups in total. The highest BCUT2D eigenvalue weighted by atomic mass is 16.3. The van der Waals surface area contributed by atoms with Crippen LogP contribution in [0.25, 0.3) is 0 Å². The quantitative estimate of drug-likeness (QED) is 0.604. The van der Waals surface area contributed by atoms with Crippen LogP contribution >= 0.6 is 0 Å². The number of hydrogen-bond acceptors (Lipinski definition) is 2. The summed E-state index contributed by atoms with van der Waals surface area (Å²) < 4.78 is 0. The molecule has 1 heterocycles. The summed E-state index contributed by atoms with van der Waals surface area (Å²) >= 11 is 0. The maximum atomic E-state index is 9.15. The van der Waals surface area contributed by atoms with Crippen LogP contribution in [-0.4, -0.2) is 10.1 Å². The lowest BCUT2D eigenvalue weighted by atomic mass is 10.1. The molecule has 0 aliphatic carbocycles. The topological polar surface area (TPSA) is 33.1 Å². The summed E-state index contributed by atoms with van der Waals surface area (Å²) in [5.41, 5.74) is 1.36. The Bertz CT molecular complexity index is 286. The molecule has 0 radical (unpaired) electrons. The third kappa shape index (κ3) is 1.79. The molecule has 0 bridgehead atoms. The molecule has 11 heavy (non-hydrogen) atoms. The molecular formula is C9H9NO. The van der Waals surface area contributed by atoms with Gasteiger partial charge in [-0.25, -0.2) is 4.98 Å². The molecule has 1 aromatic heterocycles. The van der Waals surface area contributed by atoms with Crippen LogP contribution < -0.4 is 0 Å². The van der Waals surface area contributed by atoms with Crippen LogP contribution in [0.15, 0.2) is 18.3 Å². The van der Waals surface area contributed by atoms with Crippen LogP contribution in [0.2, 0.25) is 0 Å². The van der Waals surface area contributed by atoms with Gasteiger partial charge in [-0.2, -0.15) is 0 Å².